The van der Waals surface area contributed by atoms with Gasteiger partial charge < -0.3 is 10.5 Å². The Labute approximate surface area is 81.6 Å². The third-order valence-electron chi connectivity index (χ3n) is 2.04. The van der Waals surface area contributed by atoms with Gasteiger partial charge in [-0.2, -0.15) is 0 Å². The zero-order valence-electron chi connectivity index (χ0n) is 7.82. The smallest absolute Gasteiger partial charge is 0.306 e. The molecule has 0 atom stereocenters. The lowest BCUT2D eigenvalue weighted by atomic mass is 10.2. The summed E-state index contributed by atoms with van der Waals surface area (Å²) in [7, 11) is 0. The van der Waals surface area contributed by atoms with Crippen LogP contribution in [0.15, 0.2) is 0 Å². The molecule has 5 heteroatoms. The summed E-state index contributed by atoms with van der Waals surface area (Å²) in [5, 5.41) is 0. The molecular formula is C9H13NO4. The van der Waals surface area contributed by atoms with Crippen LogP contribution in [-0.2, 0) is 19.1 Å². The second-order valence-electron chi connectivity index (χ2n) is 3.19. The van der Waals surface area contributed by atoms with E-state index < -0.39 is 12.1 Å². The van der Waals surface area contributed by atoms with Crippen LogP contribution in [0.25, 0.3) is 0 Å². The number of esters is 1. The lowest BCUT2D eigenvalue weighted by Crippen LogP contribution is -2.28. The molecule has 0 radical (unpaired) electrons. The molecule has 2 N–H and O–H groups in total. The predicted octanol–water partition coefficient (Wildman–Crippen LogP) is -0.431. The van der Waals surface area contributed by atoms with Crippen molar-refractivity contribution < 1.29 is 19.1 Å². The molecule has 1 aliphatic carbocycles. The van der Waals surface area contributed by atoms with Gasteiger partial charge in [-0.25, -0.2) is 0 Å². The number of ether oxygens (including phenoxy) is 1. The van der Waals surface area contributed by atoms with Crippen LogP contribution in [0, 0.1) is 0 Å². The van der Waals surface area contributed by atoms with E-state index in [1.54, 1.807) is 0 Å². The monoisotopic (exact) mass is 199 g/mol. The first-order chi connectivity index (χ1) is 6.65. The van der Waals surface area contributed by atoms with Crippen LogP contribution in [0.5, 0.6) is 0 Å². The summed E-state index contributed by atoms with van der Waals surface area (Å²) >= 11 is 0. The molecule has 1 aliphatic rings. The summed E-state index contributed by atoms with van der Waals surface area (Å²) in [6.07, 6.45) is -0.0942. The average molecular weight is 199 g/mol. The van der Waals surface area contributed by atoms with Gasteiger partial charge in [-0.3, -0.25) is 14.4 Å². The van der Waals surface area contributed by atoms with Crippen molar-refractivity contribution in [3.05, 3.63) is 0 Å². The van der Waals surface area contributed by atoms with Gasteiger partial charge in [0.1, 0.15) is 0 Å². The van der Waals surface area contributed by atoms with E-state index in [0.717, 1.165) is 0 Å². The summed E-state index contributed by atoms with van der Waals surface area (Å²) < 4.78 is 4.74. The molecule has 0 bridgehead atoms. The Morgan fingerprint density at radius 3 is 2.43 bits per heavy atom. The van der Waals surface area contributed by atoms with Crippen molar-refractivity contribution in [2.24, 2.45) is 5.73 Å². The van der Waals surface area contributed by atoms with Gasteiger partial charge in [-0.15, -0.1) is 0 Å². The predicted molar refractivity (Wildman–Crippen MR) is 47.4 cm³/mol. The second-order valence-corrected chi connectivity index (χ2v) is 3.19. The minimum Gasteiger partial charge on any atom is -0.446 e. The van der Waals surface area contributed by atoms with Crippen molar-refractivity contribution in [1.29, 1.82) is 0 Å². The maximum Gasteiger partial charge on any atom is 0.306 e. The van der Waals surface area contributed by atoms with Crippen LogP contribution in [0.2, 0.25) is 0 Å². The number of carbonyl (C=O) groups is 3. The molecular weight excluding hydrogens is 186 g/mol. The third kappa shape index (κ3) is 2.63. The molecule has 1 rings (SSSR count). The maximum atomic E-state index is 11.1. The Morgan fingerprint density at radius 1 is 1.36 bits per heavy atom. The van der Waals surface area contributed by atoms with Crippen molar-refractivity contribution >= 4 is 17.5 Å². The van der Waals surface area contributed by atoms with Crippen molar-refractivity contribution in [1.82, 2.24) is 0 Å². The minimum atomic E-state index is -1.14. The molecule has 0 heterocycles. The Bertz CT molecular complexity index is 246. The second kappa shape index (κ2) is 4.85. The molecule has 0 amide bonds. The lowest BCUT2D eigenvalue weighted by molar-refractivity contribution is -0.157. The fourth-order valence-electron chi connectivity index (χ4n) is 1.26. The number of hydrogen-bond donors (Lipinski definition) is 1. The van der Waals surface area contributed by atoms with Gasteiger partial charge in [0.05, 0.1) is 0 Å². The van der Waals surface area contributed by atoms with E-state index in [1.165, 1.54) is 0 Å². The van der Waals surface area contributed by atoms with Gasteiger partial charge >= 0.3 is 5.97 Å². The van der Waals surface area contributed by atoms with Crippen LogP contribution < -0.4 is 5.73 Å². The van der Waals surface area contributed by atoms with Gasteiger partial charge in [0.15, 0.2) is 11.6 Å². The highest BCUT2D eigenvalue weighted by atomic mass is 16.5. The van der Waals surface area contributed by atoms with E-state index in [4.69, 9.17) is 10.5 Å². The highest BCUT2D eigenvalue weighted by Gasteiger charge is 2.35. The van der Waals surface area contributed by atoms with Crippen LogP contribution >= 0.6 is 0 Å². The highest BCUT2D eigenvalue weighted by molar-refractivity contribution is 6.12. The molecule has 0 unspecified atom stereocenters. The summed E-state index contributed by atoms with van der Waals surface area (Å²) in [6, 6.07) is 0. The van der Waals surface area contributed by atoms with Gasteiger partial charge in [0.2, 0.25) is 6.10 Å². The summed E-state index contributed by atoms with van der Waals surface area (Å²) in [5.41, 5.74) is 5.20. The Hall–Kier alpha value is -1.23. The first-order valence-electron chi connectivity index (χ1n) is 4.60. The largest absolute Gasteiger partial charge is 0.446 e. The summed E-state index contributed by atoms with van der Waals surface area (Å²) in [6.45, 7) is 0.391. The highest BCUT2D eigenvalue weighted by Crippen LogP contribution is 2.14. The topological polar surface area (TPSA) is 86.5 Å². The number of hydrogen-bond acceptors (Lipinski definition) is 5. The van der Waals surface area contributed by atoms with Crippen molar-refractivity contribution in [2.75, 3.05) is 6.54 Å². The normalized spacial score (nSPS) is 17.5. The van der Waals surface area contributed by atoms with Crippen molar-refractivity contribution in [2.45, 2.75) is 31.8 Å². The molecule has 0 aromatic heterocycles. The molecule has 0 spiro atoms. The lowest BCUT2D eigenvalue weighted by Gasteiger charge is -2.08. The molecule has 78 valence electrons. The van der Waals surface area contributed by atoms with Gasteiger partial charge in [0, 0.05) is 19.3 Å². The minimum absolute atomic E-state index is 0.160. The van der Waals surface area contributed by atoms with Crippen LogP contribution in [0.3, 0.4) is 0 Å². The summed E-state index contributed by atoms with van der Waals surface area (Å²) in [4.78, 5) is 33.2. The molecule has 0 aromatic rings. The SMILES string of the molecule is NCCCC(=O)OC1C(=O)CCC1=O. The molecule has 0 aromatic carbocycles. The zero-order chi connectivity index (χ0) is 10.6. The molecule has 1 saturated carbocycles. The first kappa shape index (κ1) is 10.8. The Morgan fingerprint density at radius 2 is 1.93 bits per heavy atom. The van der Waals surface area contributed by atoms with Crippen molar-refractivity contribution in [3.8, 4) is 0 Å². The standard InChI is InChI=1S/C9H13NO4/c10-5-1-2-8(13)14-9-6(11)3-4-7(9)12/h9H,1-5,10H2. The molecule has 0 aliphatic heterocycles. The quantitative estimate of drug-likeness (QED) is 0.490. The average Bonchev–Trinajstić information content (AvgIpc) is 2.46. The third-order valence-corrected chi connectivity index (χ3v) is 2.04. The van der Waals surface area contributed by atoms with Gasteiger partial charge in [-0.05, 0) is 13.0 Å². The van der Waals surface area contributed by atoms with E-state index in [0.29, 0.717) is 13.0 Å². The van der Waals surface area contributed by atoms with E-state index in [1.807, 2.05) is 0 Å². The van der Waals surface area contributed by atoms with E-state index in [2.05, 4.69) is 0 Å². The van der Waals surface area contributed by atoms with Crippen molar-refractivity contribution in [3.63, 3.8) is 0 Å². The fraction of sp³-hybridized carbons (Fsp3) is 0.667. The van der Waals surface area contributed by atoms with Crippen LogP contribution in [0.1, 0.15) is 25.7 Å². The summed E-state index contributed by atoms with van der Waals surface area (Å²) in [5.74, 6) is -1.11. The molecule has 14 heavy (non-hydrogen) atoms. The van der Waals surface area contributed by atoms with E-state index in [9.17, 15) is 14.4 Å². The zero-order valence-corrected chi connectivity index (χ0v) is 7.82. The van der Waals surface area contributed by atoms with E-state index >= 15 is 0 Å². The van der Waals surface area contributed by atoms with Gasteiger partial charge in [0.25, 0.3) is 0 Å². The number of carbonyl (C=O) groups excluding carboxylic acids is 3. The number of rotatable bonds is 4. The molecule has 5 nitrogen and oxygen atoms in total. The number of Topliss-reactive ketones (excluding diaryl/α,β-unsaturated/α-hetero) is 2. The van der Waals surface area contributed by atoms with E-state index in [-0.39, 0.29) is 30.8 Å². The van der Waals surface area contributed by atoms with Crippen LogP contribution in [-0.4, -0.2) is 30.2 Å². The first-order valence-corrected chi connectivity index (χ1v) is 4.60. The molecule has 0 saturated heterocycles. The maximum absolute atomic E-state index is 11.1. The number of ketones is 2. The fourth-order valence-corrected chi connectivity index (χ4v) is 1.26. The van der Waals surface area contributed by atoms with Gasteiger partial charge in [-0.1, -0.05) is 0 Å². The Kier molecular flexibility index (Phi) is 3.76. The number of nitrogens with two attached hydrogens (primary N) is 1. The molecule has 1 fully saturated rings. The van der Waals surface area contributed by atoms with Crippen LogP contribution in [0.4, 0.5) is 0 Å². The Balaban J connectivity index is 2.39.